The largest absolute Gasteiger partial charge is 0.493 e. The number of hydrogen-bond acceptors (Lipinski definition) is 5. The van der Waals surface area contributed by atoms with E-state index in [4.69, 9.17) is 14.6 Å². The number of carbonyl (C=O) groups excluding carboxylic acids is 2. The van der Waals surface area contributed by atoms with Crippen LogP contribution >= 0.6 is 0 Å². The molecule has 178 valence electrons. The molecule has 1 heterocycles. The molecule has 7 heteroatoms. The van der Waals surface area contributed by atoms with Crippen molar-refractivity contribution in [2.45, 2.75) is 20.0 Å². The number of Topliss-reactive ketones (excluding diaryl/α,β-unsaturated/α-hetero) is 1. The Bertz CT molecular complexity index is 1300. The predicted octanol–water partition coefficient (Wildman–Crippen LogP) is 4.50. The van der Waals surface area contributed by atoms with Crippen LogP contribution in [-0.4, -0.2) is 35.2 Å². The van der Waals surface area contributed by atoms with Gasteiger partial charge in [0, 0.05) is 29.4 Å². The van der Waals surface area contributed by atoms with Crippen molar-refractivity contribution in [3.05, 3.63) is 102 Å². The fraction of sp³-hybridized carbons (Fsp3) is 0.179. The van der Waals surface area contributed by atoms with E-state index in [-0.39, 0.29) is 18.3 Å². The summed E-state index contributed by atoms with van der Waals surface area (Å²) in [6.07, 6.45) is 1.96. The van der Waals surface area contributed by atoms with Gasteiger partial charge < -0.3 is 14.8 Å². The highest BCUT2D eigenvalue weighted by Gasteiger charge is 2.14. The van der Waals surface area contributed by atoms with Crippen LogP contribution in [0.1, 0.15) is 28.4 Å². The molecule has 0 saturated heterocycles. The van der Waals surface area contributed by atoms with Crippen molar-refractivity contribution in [2.75, 3.05) is 13.7 Å². The Morgan fingerprint density at radius 3 is 2.34 bits per heavy atom. The molecule has 0 atom stereocenters. The first-order valence-electron chi connectivity index (χ1n) is 11.3. The van der Waals surface area contributed by atoms with Gasteiger partial charge in [0.05, 0.1) is 19.3 Å². The third kappa shape index (κ3) is 6.14. The smallest absolute Gasteiger partial charge is 0.258 e. The zero-order valence-electron chi connectivity index (χ0n) is 19.7. The van der Waals surface area contributed by atoms with Crippen molar-refractivity contribution in [3.63, 3.8) is 0 Å². The monoisotopic (exact) mass is 469 g/mol. The van der Waals surface area contributed by atoms with E-state index < -0.39 is 0 Å². The maximum atomic E-state index is 12.6. The summed E-state index contributed by atoms with van der Waals surface area (Å²) in [4.78, 5) is 24.1. The summed E-state index contributed by atoms with van der Waals surface area (Å²) in [7, 11) is 1.49. The minimum atomic E-state index is -0.280. The van der Waals surface area contributed by atoms with Gasteiger partial charge >= 0.3 is 0 Å². The van der Waals surface area contributed by atoms with Gasteiger partial charge in [-0.2, -0.15) is 5.10 Å². The van der Waals surface area contributed by atoms with Crippen molar-refractivity contribution >= 4 is 11.7 Å². The minimum absolute atomic E-state index is 0.0744. The van der Waals surface area contributed by atoms with Crippen molar-refractivity contribution < 1.29 is 19.1 Å². The Morgan fingerprint density at radius 1 is 0.943 bits per heavy atom. The van der Waals surface area contributed by atoms with Gasteiger partial charge in [0.25, 0.3) is 5.91 Å². The van der Waals surface area contributed by atoms with Gasteiger partial charge in [0.15, 0.2) is 23.9 Å². The number of ketones is 1. The second kappa shape index (κ2) is 11.2. The molecule has 7 nitrogen and oxygen atoms in total. The molecule has 1 N–H and O–H groups in total. The van der Waals surface area contributed by atoms with Crippen LogP contribution in [-0.2, 0) is 17.9 Å². The molecule has 35 heavy (non-hydrogen) atoms. The lowest BCUT2D eigenvalue weighted by atomic mass is 10.1. The number of hydrogen-bond donors (Lipinski definition) is 1. The van der Waals surface area contributed by atoms with Crippen LogP contribution < -0.4 is 14.8 Å². The lowest BCUT2D eigenvalue weighted by molar-refractivity contribution is -0.123. The molecule has 1 amide bonds. The van der Waals surface area contributed by atoms with Gasteiger partial charge in [-0.1, -0.05) is 60.7 Å². The van der Waals surface area contributed by atoms with Gasteiger partial charge in [0.1, 0.15) is 0 Å². The number of methoxy groups -OCH3 is 1. The first-order valence-corrected chi connectivity index (χ1v) is 11.3. The zero-order valence-corrected chi connectivity index (χ0v) is 19.7. The molecule has 0 spiro atoms. The highest BCUT2D eigenvalue weighted by Crippen LogP contribution is 2.28. The maximum absolute atomic E-state index is 12.6. The number of aromatic nitrogens is 2. The summed E-state index contributed by atoms with van der Waals surface area (Å²) in [6, 6.07) is 24.9. The van der Waals surface area contributed by atoms with Crippen molar-refractivity contribution in [1.29, 1.82) is 0 Å². The van der Waals surface area contributed by atoms with Crippen molar-refractivity contribution in [1.82, 2.24) is 15.1 Å². The van der Waals surface area contributed by atoms with E-state index in [0.717, 1.165) is 22.4 Å². The van der Waals surface area contributed by atoms with Crippen LogP contribution in [0.5, 0.6) is 11.5 Å². The molecule has 4 rings (SSSR count). The lowest BCUT2D eigenvalue weighted by Gasteiger charge is -2.12. The minimum Gasteiger partial charge on any atom is -0.493 e. The molecular formula is C28H27N3O4. The number of nitrogens with zero attached hydrogens (tertiary/aromatic N) is 2. The van der Waals surface area contributed by atoms with Crippen LogP contribution in [0, 0.1) is 0 Å². The standard InChI is InChI=1S/C28H27N3O4/c1-20(32)23-13-14-25(26(15-23)34-2)35-19-27(33)29-16-24-18-31(17-21-9-5-3-6-10-21)30-28(24)22-11-7-4-8-12-22/h3-15,18H,16-17,19H2,1-2H3,(H,29,33). The van der Waals surface area contributed by atoms with Crippen LogP contribution in [0.4, 0.5) is 0 Å². The number of carbonyl (C=O) groups is 2. The van der Waals surface area contributed by atoms with Crippen molar-refractivity contribution in [3.8, 4) is 22.8 Å². The highest BCUT2D eigenvalue weighted by molar-refractivity contribution is 5.94. The summed E-state index contributed by atoms with van der Waals surface area (Å²) in [5, 5.41) is 7.69. The molecule has 0 fully saturated rings. The molecule has 0 aliphatic carbocycles. The van der Waals surface area contributed by atoms with Gasteiger partial charge in [0.2, 0.25) is 0 Å². The predicted molar refractivity (Wildman–Crippen MR) is 134 cm³/mol. The second-order valence-electron chi connectivity index (χ2n) is 8.04. The molecular weight excluding hydrogens is 442 g/mol. The number of ether oxygens (including phenoxy) is 2. The molecule has 0 aliphatic heterocycles. The Labute approximate surface area is 204 Å². The Morgan fingerprint density at radius 2 is 1.66 bits per heavy atom. The van der Waals surface area contributed by atoms with Gasteiger partial charge in [-0.25, -0.2) is 0 Å². The normalized spacial score (nSPS) is 10.6. The molecule has 1 aromatic heterocycles. The second-order valence-corrected chi connectivity index (χ2v) is 8.04. The van der Waals surface area contributed by atoms with E-state index in [1.807, 2.05) is 59.4 Å². The average Bonchev–Trinajstić information content (AvgIpc) is 3.29. The summed E-state index contributed by atoms with van der Waals surface area (Å²) < 4.78 is 12.8. The fourth-order valence-electron chi connectivity index (χ4n) is 3.68. The van der Waals surface area contributed by atoms with Gasteiger partial charge in [-0.3, -0.25) is 14.3 Å². The van der Waals surface area contributed by atoms with Crippen LogP contribution in [0.2, 0.25) is 0 Å². The zero-order chi connectivity index (χ0) is 24.6. The van der Waals surface area contributed by atoms with E-state index in [2.05, 4.69) is 17.4 Å². The van der Waals surface area contributed by atoms with Crippen molar-refractivity contribution in [2.24, 2.45) is 0 Å². The molecule has 4 aromatic rings. The molecule has 0 aliphatic rings. The topological polar surface area (TPSA) is 82.5 Å². The lowest BCUT2D eigenvalue weighted by Crippen LogP contribution is -2.28. The Kier molecular flexibility index (Phi) is 7.57. The molecule has 0 saturated carbocycles. The summed E-state index contributed by atoms with van der Waals surface area (Å²) in [5.41, 5.74) is 4.37. The highest BCUT2D eigenvalue weighted by atomic mass is 16.5. The first kappa shape index (κ1) is 23.8. The summed E-state index contributed by atoms with van der Waals surface area (Å²) in [5.74, 6) is 0.444. The number of benzene rings is 3. The van der Waals surface area contributed by atoms with E-state index in [9.17, 15) is 9.59 Å². The quantitative estimate of drug-likeness (QED) is 0.346. The number of nitrogens with one attached hydrogen (secondary N) is 1. The van der Waals surface area contributed by atoms with Gasteiger partial charge in [-0.05, 0) is 30.7 Å². The van der Waals surface area contributed by atoms with E-state index in [1.54, 1.807) is 18.2 Å². The van der Waals surface area contributed by atoms with Crippen LogP contribution in [0.15, 0.2) is 85.1 Å². The van der Waals surface area contributed by atoms with E-state index >= 15 is 0 Å². The fourth-order valence-corrected chi connectivity index (χ4v) is 3.68. The summed E-state index contributed by atoms with van der Waals surface area (Å²) in [6.45, 7) is 2.23. The number of amides is 1. The Hall–Kier alpha value is -4.39. The van der Waals surface area contributed by atoms with Crippen LogP contribution in [0.3, 0.4) is 0 Å². The molecule has 0 bridgehead atoms. The Balaban J connectivity index is 1.44. The van der Waals surface area contributed by atoms with E-state index in [0.29, 0.717) is 30.2 Å². The molecule has 0 unspecified atom stereocenters. The third-order valence-corrected chi connectivity index (χ3v) is 5.48. The van der Waals surface area contributed by atoms with Gasteiger partial charge in [-0.15, -0.1) is 0 Å². The average molecular weight is 470 g/mol. The first-order chi connectivity index (χ1) is 17.0. The summed E-state index contributed by atoms with van der Waals surface area (Å²) >= 11 is 0. The third-order valence-electron chi connectivity index (χ3n) is 5.48. The van der Waals surface area contributed by atoms with Crippen LogP contribution in [0.25, 0.3) is 11.3 Å². The SMILES string of the molecule is COc1cc(C(C)=O)ccc1OCC(=O)NCc1cn(Cc2ccccc2)nc1-c1ccccc1. The maximum Gasteiger partial charge on any atom is 0.258 e. The molecule has 0 radical (unpaired) electrons. The van der Waals surface area contributed by atoms with E-state index in [1.165, 1.54) is 14.0 Å². The number of rotatable bonds is 10. The molecule has 3 aromatic carbocycles.